The van der Waals surface area contributed by atoms with E-state index in [0.29, 0.717) is 37.3 Å². The Morgan fingerprint density at radius 2 is 1.96 bits per heavy atom. The maximum atomic E-state index is 12.3. The van der Waals surface area contributed by atoms with Crippen LogP contribution in [0.4, 0.5) is 0 Å². The van der Waals surface area contributed by atoms with Gasteiger partial charge in [0.15, 0.2) is 0 Å². The number of amides is 2. The SMILES string of the molecule is CN(CC(=O)N1CCCC(C(=O)O)C1)C(=O)CCCc1ccc(Cl)cc1. The first kappa shape index (κ1) is 20.2. The summed E-state index contributed by atoms with van der Waals surface area (Å²) in [5.41, 5.74) is 1.12. The van der Waals surface area contributed by atoms with Gasteiger partial charge in [0.05, 0.1) is 12.5 Å². The van der Waals surface area contributed by atoms with Crippen molar-refractivity contribution in [2.24, 2.45) is 5.92 Å². The maximum absolute atomic E-state index is 12.3. The Bertz CT molecular complexity index is 647. The van der Waals surface area contributed by atoms with Gasteiger partial charge in [-0.1, -0.05) is 23.7 Å². The molecule has 0 saturated carbocycles. The highest BCUT2D eigenvalue weighted by Crippen LogP contribution is 2.17. The van der Waals surface area contributed by atoms with Crippen LogP contribution in [-0.2, 0) is 20.8 Å². The minimum atomic E-state index is -0.867. The molecule has 0 bridgehead atoms. The van der Waals surface area contributed by atoms with Gasteiger partial charge in [-0.15, -0.1) is 0 Å². The number of carboxylic acids is 1. The summed E-state index contributed by atoms with van der Waals surface area (Å²) in [4.78, 5) is 38.6. The van der Waals surface area contributed by atoms with Crippen LogP contribution in [0.25, 0.3) is 0 Å². The number of carboxylic acid groups (broad SMARTS) is 1. The van der Waals surface area contributed by atoms with Gasteiger partial charge in [0.2, 0.25) is 11.8 Å². The second-order valence-corrected chi connectivity index (χ2v) is 7.18. The molecule has 0 radical (unpaired) electrons. The Morgan fingerprint density at radius 3 is 2.62 bits per heavy atom. The second-order valence-electron chi connectivity index (χ2n) is 6.75. The number of nitrogens with zero attached hydrogens (tertiary/aromatic N) is 2. The number of likely N-dealkylation sites (tertiary alicyclic amines) is 1. The smallest absolute Gasteiger partial charge is 0.308 e. The topological polar surface area (TPSA) is 77.9 Å². The predicted octanol–water partition coefficient (Wildman–Crippen LogP) is 2.44. The van der Waals surface area contributed by atoms with Crippen molar-refractivity contribution in [3.8, 4) is 0 Å². The molecule has 0 spiro atoms. The van der Waals surface area contributed by atoms with Gasteiger partial charge in [-0.3, -0.25) is 14.4 Å². The summed E-state index contributed by atoms with van der Waals surface area (Å²) in [6.07, 6.45) is 3.12. The van der Waals surface area contributed by atoms with Crippen molar-refractivity contribution in [1.29, 1.82) is 0 Å². The van der Waals surface area contributed by atoms with Crippen LogP contribution in [0, 0.1) is 5.92 Å². The zero-order valence-corrected chi connectivity index (χ0v) is 15.7. The summed E-state index contributed by atoms with van der Waals surface area (Å²) < 4.78 is 0. The highest BCUT2D eigenvalue weighted by molar-refractivity contribution is 6.30. The molecule has 6 nitrogen and oxygen atoms in total. The third-order valence-corrected chi connectivity index (χ3v) is 4.94. The van der Waals surface area contributed by atoms with Gasteiger partial charge < -0.3 is 14.9 Å². The molecule has 1 aliphatic rings. The Hall–Kier alpha value is -2.08. The van der Waals surface area contributed by atoms with Gasteiger partial charge in [0.25, 0.3) is 0 Å². The molecule has 1 N–H and O–H groups in total. The highest BCUT2D eigenvalue weighted by atomic mass is 35.5. The van der Waals surface area contributed by atoms with Gasteiger partial charge in [0, 0.05) is 31.6 Å². The van der Waals surface area contributed by atoms with E-state index in [1.165, 1.54) is 4.90 Å². The van der Waals surface area contributed by atoms with Crippen LogP contribution in [0.3, 0.4) is 0 Å². The van der Waals surface area contributed by atoms with E-state index in [0.717, 1.165) is 12.0 Å². The monoisotopic (exact) mass is 380 g/mol. The van der Waals surface area contributed by atoms with Crippen LogP contribution < -0.4 is 0 Å². The molecule has 142 valence electrons. The summed E-state index contributed by atoms with van der Waals surface area (Å²) in [6, 6.07) is 7.53. The maximum Gasteiger partial charge on any atom is 0.308 e. The van der Waals surface area contributed by atoms with Crippen LogP contribution in [0.2, 0.25) is 5.02 Å². The number of carbonyl (C=O) groups is 3. The summed E-state index contributed by atoms with van der Waals surface area (Å²) in [5, 5.41) is 9.79. The number of aliphatic carboxylic acids is 1. The van der Waals surface area contributed by atoms with E-state index in [1.807, 2.05) is 24.3 Å². The Balaban J connectivity index is 1.74. The number of aryl methyl sites for hydroxylation is 1. The number of hydrogen-bond donors (Lipinski definition) is 1. The van der Waals surface area contributed by atoms with Gasteiger partial charge in [-0.05, 0) is 43.4 Å². The Morgan fingerprint density at radius 1 is 1.27 bits per heavy atom. The van der Waals surface area contributed by atoms with Crippen LogP contribution in [0.5, 0.6) is 0 Å². The fraction of sp³-hybridized carbons (Fsp3) is 0.526. The molecule has 1 unspecified atom stereocenters. The van der Waals surface area contributed by atoms with Crippen molar-refractivity contribution in [1.82, 2.24) is 9.80 Å². The third-order valence-electron chi connectivity index (χ3n) is 4.69. The molecule has 0 aliphatic carbocycles. The largest absolute Gasteiger partial charge is 0.481 e. The van der Waals surface area contributed by atoms with Gasteiger partial charge in [-0.25, -0.2) is 0 Å². The first-order valence-electron chi connectivity index (χ1n) is 8.86. The molecule has 26 heavy (non-hydrogen) atoms. The quantitative estimate of drug-likeness (QED) is 0.788. The van der Waals surface area contributed by atoms with E-state index in [2.05, 4.69) is 0 Å². The molecule has 1 aliphatic heterocycles. The van der Waals surface area contributed by atoms with Crippen molar-refractivity contribution in [3.63, 3.8) is 0 Å². The van der Waals surface area contributed by atoms with E-state index >= 15 is 0 Å². The number of benzene rings is 1. The van der Waals surface area contributed by atoms with Crippen LogP contribution in [0.1, 0.15) is 31.2 Å². The van der Waals surface area contributed by atoms with Crippen molar-refractivity contribution < 1.29 is 19.5 Å². The summed E-state index contributed by atoms with van der Waals surface area (Å²) in [5.74, 6) is -1.65. The molecule has 1 heterocycles. The molecule has 1 atom stereocenters. The minimum absolute atomic E-state index is 0.00782. The van der Waals surface area contributed by atoms with Crippen LogP contribution in [0.15, 0.2) is 24.3 Å². The molecule has 1 saturated heterocycles. The van der Waals surface area contributed by atoms with E-state index in [1.54, 1.807) is 11.9 Å². The van der Waals surface area contributed by atoms with E-state index in [-0.39, 0.29) is 24.9 Å². The summed E-state index contributed by atoms with van der Waals surface area (Å²) in [6.45, 7) is 0.778. The molecule has 0 aromatic heterocycles. The lowest BCUT2D eigenvalue weighted by molar-refractivity contribution is -0.147. The van der Waals surface area contributed by atoms with Crippen molar-refractivity contribution in [2.75, 3.05) is 26.7 Å². The zero-order chi connectivity index (χ0) is 19.1. The average molecular weight is 381 g/mol. The molecule has 2 rings (SSSR count). The number of piperidine rings is 1. The van der Waals surface area contributed by atoms with Crippen LogP contribution in [-0.4, -0.2) is 59.4 Å². The lowest BCUT2D eigenvalue weighted by atomic mass is 9.98. The fourth-order valence-corrected chi connectivity index (χ4v) is 3.21. The van der Waals surface area contributed by atoms with E-state index < -0.39 is 11.9 Å². The highest BCUT2D eigenvalue weighted by Gasteiger charge is 2.28. The lowest BCUT2D eigenvalue weighted by Crippen LogP contribution is -2.46. The normalized spacial score (nSPS) is 17.0. The first-order valence-corrected chi connectivity index (χ1v) is 9.23. The fourth-order valence-electron chi connectivity index (χ4n) is 3.08. The van der Waals surface area contributed by atoms with Gasteiger partial charge in [-0.2, -0.15) is 0 Å². The third kappa shape index (κ3) is 6.02. The second kappa shape index (κ2) is 9.57. The molecule has 2 amide bonds. The molecular formula is C19H25ClN2O4. The van der Waals surface area contributed by atoms with Crippen molar-refractivity contribution >= 4 is 29.4 Å². The minimum Gasteiger partial charge on any atom is -0.481 e. The predicted molar refractivity (Wildman–Crippen MR) is 99.0 cm³/mol. The summed E-state index contributed by atoms with van der Waals surface area (Å²) in [7, 11) is 1.61. The Kier molecular flexibility index (Phi) is 7.45. The standard InChI is InChI=1S/C19H25ClN2O4/c1-21(13-18(24)22-11-3-5-15(12-22)19(25)26)17(23)6-2-4-14-7-9-16(20)10-8-14/h7-10,15H,2-6,11-13H2,1H3,(H,25,26). The average Bonchev–Trinajstić information content (AvgIpc) is 2.63. The molecule has 1 fully saturated rings. The molecule has 1 aromatic rings. The van der Waals surface area contributed by atoms with E-state index in [4.69, 9.17) is 16.7 Å². The number of carbonyl (C=O) groups excluding carboxylic acids is 2. The van der Waals surface area contributed by atoms with Crippen molar-refractivity contribution in [2.45, 2.75) is 32.1 Å². The lowest BCUT2D eigenvalue weighted by Gasteiger charge is -2.32. The zero-order valence-electron chi connectivity index (χ0n) is 15.0. The van der Waals surface area contributed by atoms with Gasteiger partial charge in [0.1, 0.15) is 0 Å². The number of rotatable bonds is 7. The van der Waals surface area contributed by atoms with Crippen molar-refractivity contribution in [3.05, 3.63) is 34.9 Å². The number of likely N-dealkylation sites (N-methyl/N-ethyl adjacent to an activating group) is 1. The number of halogens is 1. The first-order chi connectivity index (χ1) is 12.4. The summed E-state index contributed by atoms with van der Waals surface area (Å²) >= 11 is 5.85. The molecule has 7 heteroatoms. The van der Waals surface area contributed by atoms with Crippen LogP contribution >= 0.6 is 11.6 Å². The van der Waals surface area contributed by atoms with Gasteiger partial charge >= 0.3 is 5.97 Å². The number of hydrogen-bond acceptors (Lipinski definition) is 3. The molecule has 1 aromatic carbocycles. The molecular weight excluding hydrogens is 356 g/mol. The Labute approximate surface area is 158 Å². The van der Waals surface area contributed by atoms with E-state index in [9.17, 15) is 14.4 Å².